The third-order valence-corrected chi connectivity index (χ3v) is 3.19. The van der Waals surface area contributed by atoms with Crippen molar-refractivity contribution in [3.63, 3.8) is 0 Å². The summed E-state index contributed by atoms with van der Waals surface area (Å²) in [6, 6.07) is 4.45. The Hall–Kier alpha value is -2.25. The third-order valence-electron chi connectivity index (χ3n) is 2.73. The molecule has 0 saturated carbocycles. The zero-order valence-electron chi connectivity index (χ0n) is 11.1. The predicted molar refractivity (Wildman–Crippen MR) is 79.8 cm³/mol. The van der Waals surface area contributed by atoms with Gasteiger partial charge in [0.1, 0.15) is 10.8 Å². The highest BCUT2D eigenvalue weighted by Crippen LogP contribution is 2.33. The minimum Gasteiger partial charge on any atom is -0.336 e. The van der Waals surface area contributed by atoms with Gasteiger partial charge in [0, 0.05) is 0 Å². The van der Waals surface area contributed by atoms with Crippen LogP contribution < -0.4 is 5.32 Å². The highest BCUT2D eigenvalue weighted by atomic mass is 35.5. The van der Waals surface area contributed by atoms with E-state index in [0.29, 0.717) is 11.4 Å². The van der Waals surface area contributed by atoms with Crippen molar-refractivity contribution in [3.8, 4) is 11.5 Å². The summed E-state index contributed by atoms with van der Waals surface area (Å²) in [4.78, 5) is 11.8. The minimum absolute atomic E-state index is 0.0153. The van der Waals surface area contributed by atoms with Crippen LogP contribution in [0.4, 0.5) is 15.9 Å². The van der Waals surface area contributed by atoms with Crippen LogP contribution in [0, 0.1) is 12.7 Å². The molecule has 1 aromatic carbocycles. The highest BCUT2D eigenvalue weighted by molar-refractivity contribution is 6.33. The van der Waals surface area contributed by atoms with E-state index in [1.54, 1.807) is 13.0 Å². The second-order valence-electron chi connectivity index (χ2n) is 4.27. The van der Waals surface area contributed by atoms with Gasteiger partial charge in [-0.1, -0.05) is 22.8 Å². The Balaban J connectivity index is 2.08. The molecule has 0 aliphatic heterocycles. The van der Waals surface area contributed by atoms with Crippen LogP contribution in [-0.2, 0) is 0 Å². The van der Waals surface area contributed by atoms with Gasteiger partial charge in [0.05, 0.1) is 17.4 Å². The molecule has 0 aliphatic rings. The number of benzene rings is 1. The number of aryl methyl sites for hydroxylation is 1. The Labute approximate surface area is 134 Å². The lowest BCUT2D eigenvalue weighted by Crippen LogP contribution is -2.00. The monoisotopic (exact) mass is 339 g/mol. The summed E-state index contributed by atoms with van der Waals surface area (Å²) in [7, 11) is 0. The average Bonchev–Trinajstić information content (AvgIpc) is 2.91. The van der Waals surface area contributed by atoms with Crippen LogP contribution in [-0.4, -0.2) is 20.1 Å². The van der Waals surface area contributed by atoms with Crippen LogP contribution in [0.15, 0.2) is 28.9 Å². The maximum Gasteiger partial charge on any atom is 0.260 e. The lowest BCUT2D eigenvalue weighted by atomic mass is 10.1. The van der Waals surface area contributed by atoms with E-state index in [2.05, 4.69) is 25.4 Å². The summed E-state index contributed by atoms with van der Waals surface area (Å²) >= 11 is 11.7. The van der Waals surface area contributed by atoms with Crippen molar-refractivity contribution in [1.82, 2.24) is 20.1 Å². The van der Waals surface area contributed by atoms with E-state index in [1.165, 1.54) is 18.3 Å². The fourth-order valence-electron chi connectivity index (χ4n) is 1.79. The summed E-state index contributed by atoms with van der Waals surface area (Å²) < 4.78 is 19.3. The zero-order valence-corrected chi connectivity index (χ0v) is 12.7. The molecular weight excluding hydrogens is 332 g/mol. The van der Waals surface area contributed by atoms with Crippen molar-refractivity contribution in [3.05, 3.63) is 46.3 Å². The molecule has 0 amide bonds. The van der Waals surface area contributed by atoms with Gasteiger partial charge >= 0.3 is 0 Å². The van der Waals surface area contributed by atoms with Gasteiger partial charge in [0.2, 0.25) is 5.28 Å². The number of hydrogen-bond acceptors (Lipinski definition) is 6. The summed E-state index contributed by atoms with van der Waals surface area (Å²) in [5.41, 5.74) is 0.481. The van der Waals surface area contributed by atoms with Gasteiger partial charge in [-0.3, -0.25) is 0 Å². The number of anilines is 2. The van der Waals surface area contributed by atoms with E-state index in [4.69, 9.17) is 27.7 Å². The Bertz CT molecular complexity index is 839. The van der Waals surface area contributed by atoms with Crippen molar-refractivity contribution >= 4 is 34.7 Å². The Kier molecular flexibility index (Phi) is 3.91. The predicted octanol–water partition coefficient (Wildman–Crippen LogP) is 4.02. The normalized spacial score (nSPS) is 10.7. The van der Waals surface area contributed by atoms with Gasteiger partial charge < -0.3 is 9.84 Å². The molecule has 0 fully saturated rings. The van der Waals surface area contributed by atoms with Gasteiger partial charge in [-0.05, 0) is 30.7 Å². The van der Waals surface area contributed by atoms with E-state index < -0.39 is 5.82 Å². The van der Waals surface area contributed by atoms with Crippen LogP contribution >= 0.6 is 23.2 Å². The van der Waals surface area contributed by atoms with Crippen LogP contribution in [0.3, 0.4) is 0 Å². The molecule has 0 spiro atoms. The number of rotatable bonds is 3. The summed E-state index contributed by atoms with van der Waals surface area (Å²) in [5, 5.41) is 6.66. The summed E-state index contributed by atoms with van der Waals surface area (Å²) in [6.45, 7) is 1.67. The number of hydrogen-bond donors (Lipinski definition) is 1. The smallest absolute Gasteiger partial charge is 0.260 e. The van der Waals surface area contributed by atoms with E-state index >= 15 is 0 Å². The van der Waals surface area contributed by atoms with Crippen molar-refractivity contribution < 1.29 is 8.91 Å². The molecule has 0 unspecified atom stereocenters. The first-order chi connectivity index (χ1) is 10.5. The van der Waals surface area contributed by atoms with Crippen molar-refractivity contribution in [1.29, 1.82) is 0 Å². The van der Waals surface area contributed by atoms with Crippen LogP contribution in [0.1, 0.15) is 5.82 Å². The van der Waals surface area contributed by atoms with Gasteiger partial charge in [0.15, 0.2) is 11.6 Å². The molecule has 3 rings (SSSR count). The molecule has 2 aromatic heterocycles. The van der Waals surface area contributed by atoms with E-state index in [9.17, 15) is 4.39 Å². The first-order valence-electron chi connectivity index (χ1n) is 6.09. The van der Waals surface area contributed by atoms with Crippen molar-refractivity contribution in [2.24, 2.45) is 0 Å². The lowest BCUT2D eigenvalue weighted by molar-refractivity contribution is 0.425. The van der Waals surface area contributed by atoms with Crippen LogP contribution in [0.2, 0.25) is 10.3 Å². The molecule has 9 heteroatoms. The SMILES string of the molecule is Cc1noc(-c2cccc(F)c2Nc2nc(Cl)ncc2Cl)n1. The first-order valence-corrected chi connectivity index (χ1v) is 6.84. The molecular formula is C13H8Cl2FN5O. The quantitative estimate of drug-likeness (QED) is 0.726. The molecule has 0 saturated heterocycles. The third kappa shape index (κ3) is 2.86. The molecule has 0 aliphatic carbocycles. The first kappa shape index (κ1) is 14.7. The maximum absolute atomic E-state index is 14.2. The fraction of sp³-hybridized carbons (Fsp3) is 0.0769. The van der Waals surface area contributed by atoms with Crippen LogP contribution in [0.5, 0.6) is 0 Å². The lowest BCUT2D eigenvalue weighted by Gasteiger charge is -2.11. The highest BCUT2D eigenvalue weighted by Gasteiger charge is 2.17. The number of halogens is 3. The Morgan fingerprint density at radius 3 is 2.77 bits per heavy atom. The summed E-state index contributed by atoms with van der Waals surface area (Å²) in [6.07, 6.45) is 1.32. The maximum atomic E-state index is 14.2. The molecule has 6 nitrogen and oxygen atoms in total. The van der Waals surface area contributed by atoms with Crippen LogP contribution in [0.25, 0.3) is 11.5 Å². The molecule has 0 radical (unpaired) electrons. The number of nitrogens with one attached hydrogen (secondary N) is 1. The van der Waals surface area contributed by atoms with Crippen molar-refractivity contribution in [2.45, 2.75) is 6.92 Å². The molecule has 0 bridgehead atoms. The molecule has 112 valence electrons. The number of aromatic nitrogens is 4. The number of nitrogens with zero attached hydrogens (tertiary/aromatic N) is 4. The standard InChI is InChI=1S/C13H8Cl2FN5O/c1-6-18-12(22-21-6)7-3-2-4-9(16)10(7)19-11-8(14)5-17-13(15)20-11/h2-5H,1H3,(H,17,19,20). The topological polar surface area (TPSA) is 76.7 Å². The van der Waals surface area contributed by atoms with Gasteiger partial charge in [-0.2, -0.15) is 9.97 Å². The Morgan fingerprint density at radius 2 is 2.05 bits per heavy atom. The zero-order chi connectivity index (χ0) is 15.7. The Morgan fingerprint density at radius 1 is 1.23 bits per heavy atom. The van der Waals surface area contributed by atoms with Gasteiger partial charge in [0.25, 0.3) is 5.89 Å². The van der Waals surface area contributed by atoms with E-state index in [1.807, 2.05) is 0 Å². The fourth-order valence-corrected chi connectivity index (χ4v) is 2.06. The largest absolute Gasteiger partial charge is 0.336 e. The molecule has 0 atom stereocenters. The van der Waals surface area contributed by atoms with Crippen molar-refractivity contribution in [2.75, 3.05) is 5.32 Å². The van der Waals surface area contributed by atoms with E-state index in [0.717, 1.165) is 0 Å². The molecule has 2 heterocycles. The van der Waals surface area contributed by atoms with Gasteiger partial charge in [-0.25, -0.2) is 9.37 Å². The number of para-hydroxylation sites is 1. The van der Waals surface area contributed by atoms with E-state index in [-0.39, 0.29) is 27.7 Å². The molecule has 22 heavy (non-hydrogen) atoms. The second kappa shape index (κ2) is 5.86. The second-order valence-corrected chi connectivity index (χ2v) is 5.01. The summed E-state index contributed by atoms with van der Waals surface area (Å²) in [5.74, 6) is 0.257. The molecule has 1 N–H and O–H groups in total. The average molecular weight is 340 g/mol. The minimum atomic E-state index is -0.529. The van der Waals surface area contributed by atoms with Gasteiger partial charge in [-0.15, -0.1) is 0 Å². The molecule has 3 aromatic rings.